The molecule has 2 heterocycles. The molecule has 0 unspecified atom stereocenters. The number of nitrogens with zero attached hydrogens (tertiary/aromatic N) is 3. The molecular weight excluding hydrogens is 335 g/mol. The molecule has 0 saturated heterocycles. The minimum absolute atomic E-state index is 0.406. The fourth-order valence-electron chi connectivity index (χ4n) is 2.21. The van der Waals surface area contributed by atoms with Crippen molar-refractivity contribution >= 4 is 21.7 Å². The average Bonchev–Trinajstić information content (AvgIpc) is 2.75. The van der Waals surface area contributed by atoms with Gasteiger partial charge in [0.2, 0.25) is 0 Å². The second kappa shape index (κ2) is 5.29. The maximum atomic E-state index is 13.4. The molecule has 3 aromatic rings. The van der Waals surface area contributed by atoms with Gasteiger partial charge in [0, 0.05) is 23.3 Å². The summed E-state index contributed by atoms with van der Waals surface area (Å²) in [5.74, 6) is 0.115. The number of rotatable bonds is 2. The number of aromatic nitrogens is 3. The predicted octanol–water partition coefficient (Wildman–Crippen LogP) is 3.63. The first-order chi connectivity index (χ1) is 10.1. The number of hydrogen-bond donors (Lipinski definition) is 1. The highest BCUT2D eigenvalue weighted by Gasteiger charge is 2.18. The van der Waals surface area contributed by atoms with Crippen LogP contribution in [0.25, 0.3) is 22.4 Å². The van der Waals surface area contributed by atoms with Gasteiger partial charge in [0.1, 0.15) is 17.3 Å². The molecule has 0 bridgehead atoms. The maximum absolute atomic E-state index is 13.4. The van der Waals surface area contributed by atoms with Crippen LogP contribution in [-0.4, -0.2) is 14.8 Å². The van der Waals surface area contributed by atoms with E-state index in [9.17, 15) is 4.39 Å². The first-order valence-electron chi connectivity index (χ1n) is 6.25. The first-order valence-corrected chi connectivity index (χ1v) is 7.05. The van der Waals surface area contributed by atoms with Gasteiger partial charge in [-0.2, -0.15) is 5.10 Å². The van der Waals surface area contributed by atoms with Crippen LogP contribution in [0.4, 0.5) is 10.2 Å². The van der Waals surface area contributed by atoms with E-state index >= 15 is 0 Å². The highest BCUT2D eigenvalue weighted by Crippen LogP contribution is 2.36. The van der Waals surface area contributed by atoms with Crippen molar-refractivity contribution in [3.05, 3.63) is 53.0 Å². The van der Waals surface area contributed by atoms with Gasteiger partial charge in [-0.05, 0) is 23.8 Å². The summed E-state index contributed by atoms with van der Waals surface area (Å²) in [6, 6.07) is 9.13. The molecular formula is C15H12BrFN4. The molecule has 2 aromatic heterocycles. The second-order valence-electron chi connectivity index (χ2n) is 4.63. The van der Waals surface area contributed by atoms with Gasteiger partial charge in [-0.1, -0.05) is 28.1 Å². The van der Waals surface area contributed by atoms with Gasteiger partial charge in [-0.15, -0.1) is 0 Å². The Morgan fingerprint density at radius 1 is 1.19 bits per heavy atom. The minimum Gasteiger partial charge on any atom is -0.383 e. The molecule has 0 atom stereocenters. The fraction of sp³-hybridized carbons (Fsp3) is 0.0667. The topological polar surface area (TPSA) is 56.7 Å². The predicted molar refractivity (Wildman–Crippen MR) is 83.9 cm³/mol. The van der Waals surface area contributed by atoms with Crippen molar-refractivity contribution in [1.82, 2.24) is 14.8 Å². The Hall–Kier alpha value is -2.21. The van der Waals surface area contributed by atoms with Crippen LogP contribution in [0.3, 0.4) is 0 Å². The maximum Gasteiger partial charge on any atom is 0.142 e. The molecule has 0 amide bonds. The molecule has 0 aliphatic rings. The highest BCUT2D eigenvalue weighted by atomic mass is 79.9. The first kappa shape index (κ1) is 13.8. The van der Waals surface area contributed by atoms with Crippen molar-refractivity contribution in [3.63, 3.8) is 0 Å². The summed E-state index contributed by atoms with van der Waals surface area (Å²) in [5, 5.41) is 4.40. The zero-order valence-electron chi connectivity index (χ0n) is 11.2. The lowest BCUT2D eigenvalue weighted by Gasteiger charge is -2.05. The Balaban J connectivity index is 2.25. The lowest BCUT2D eigenvalue weighted by molar-refractivity contribution is 0.622. The lowest BCUT2D eigenvalue weighted by Crippen LogP contribution is -1.97. The van der Waals surface area contributed by atoms with E-state index in [0.717, 1.165) is 21.8 Å². The molecule has 0 spiro atoms. The molecule has 3 rings (SSSR count). The van der Waals surface area contributed by atoms with Gasteiger partial charge < -0.3 is 5.73 Å². The van der Waals surface area contributed by atoms with Gasteiger partial charge in [0.05, 0.1) is 11.8 Å². The van der Waals surface area contributed by atoms with E-state index in [1.807, 2.05) is 24.3 Å². The Labute approximate surface area is 129 Å². The van der Waals surface area contributed by atoms with Gasteiger partial charge in [-0.25, -0.2) is 4.39 Å². The van der Waals surface area contributed by atoms with Crippen LogP contribution in [0.15, 0.2) is 47.2 Å². The molecule has 2 N–H and O–H groups in total. The molecule has 1 aromatic carbocycles. The van der Waals surface area contributed by atoms with Crippen LogP contribution in [-0.2, 0) is 7.05 Å². The largest absolute Gasteiger partial charge is 0.383 e. The lowest BCUT2D eigenvalue weighted by atomic mass is 10.0. The van der Waals surface area contributed by atoms with Gasteiger partial charge in [0.25, 0.3) is 0 Å². The summed E-state index contributed by atoms with van der Waals surface area (Å²) in [6.45, 7) is 0. The smallest absolute Gasteiger partial charge is 0.142 e. The SMILES string of the molecule is Cn1nc(-c2cncc(F)c2)c(-c2cccc(Br)c2)c1N. The number of benzene rings is 1. The molecule has 0 radical (unpaired) electrons. The quantitative estimate of drug-likeness (QED) is 0.770. The van der Waals surface area contributed by atoms with Crippen LogP contribution in [0.2, 0.25) is 0 Å². The van der Waals surface area contributed by atoms with Crippen LogP contribution in [0.1, 0.15) is 0 Å². The second-order valence-corrected chi connectivity index (χ2v) is 5.55. The normalized spacial score (nSPS) is 10.8. The number of nitrogens with two attached hydrogens (primary N) is 1. The van der Waals surface area contributed by atoms with E-state index in [1.165, 1.54) is 6.07 Å². The van der Waals surface area contributed by atoms with Crippen molar-refractivity contribution in [2.45, 2.75) is 0 Å². The molecule has 106 valence electrons. The third kappa shape index (κ3) is 2.54. The summed E-state index contributed by atoms with van der Waals surface area (Å²) >= 11 is 3.44. The third-order valence-corrected chi connectivity index (χ3v) is 3.68. The minimum atomic E-state index is -0.406. The van der Waals surface area contributed by atoms with Gasteiger partial charge >= 0.3 is 0 Å². The highest BCUT2D eigenvalue weighted by molar-refractivity contribution is 9.10. The molecule has 21 heavy (non-hydrogen) atoms. The summed E-state index contributed by atoms with van der Waals surface area (Å²) in [5.41, 5.74) is 9.02. The zero-order chi connectivity index (χ0) is 15.0. The third-order valence-electron chi connectivity index (χ3n) is 3.18. The Kier molecular flexibility index (Phi) is 3.47. The van der Waals surface area contributed by atoms with Gasteiger partial charge in [0.15, 0.2) is 0 Å². The monoisotopic (exact) mass is 346 g/mol. The standard InChI is InChI=1S/C15H12BrFN4/c1-21-15(18)13(9-3-2-4-11(16)5-9)14(20-21)10-6-12(17)8-19-7-10/h2-8H,18H2,1H3. The van der Waals surface area contributed by atoms with Gasteiger partial charge in [-0.3, -0.25) is 9.67 Å². The van der Waals surface area contributed by atoms with Crippen molar-refractivity contribution in [2.75, 3.05) is 5.73 Å². The summed E-state index contributed by atoms with van der Waals surface area (Å²) < 4.78 is 15.9. The molecule has 0 aliphatic heterocycles. The number of aryl methyl sites for hydroxylation is 1. The van der Waals surface area contributed by atoms with E-state index < -0.39 is 5.82 Å². The number of pyridine rings is 1. The molecule has 0 aliphatic carbocycles. The molecule has 0 fully saturated rings. The Bertz CT molecular complexity index is 813. The number of halogens is 2. The Morgan fingerprint density at radius 3 is 2.71 bits per heavy atom. The fourth-order valence-corrected chi connectivity index (χ4v) is 2.61. The van der Waals surface area contributed by atoms with Crippen molar-refractivity contribution in [2.24, 2.45) is 7.05 Å². The van der Waals surface area contributed by atoms with E-state index in [0.29, 0.717) is 17.1 Å². The van der Waals surface area contributed by atoms with Crippen molar-refractivity contribution in [1.29, 1.82) is 0 Å². The molecule has 4 nitrogen and oxygen atoms in total. The van der Waals surface area contributed by atoms with E-state index in [-0.39, 0.29) is 0 Å². The number of anilines is 1. The van der Waals surface area contributed by atoms with E-state index in [1.54, 1.807) is 17.9 Å². The van der Waals surface area contributed by atoms with Crippen LogP contribution in [0, 0.1) is 5.82 Å². The van der Waals surface area contributed by atoms with Crippen LogP contribution < -0.4 is 5.73 Å². The van der Waals surface area contributed by atoms with Crippen molar-refractivity contribution < 1.29 is 4.39 Å². The summed E-state index contributed by atoms with van der Waals surface area (Å²) in [7, 11) is 1.76. The molecule has 6 heteroatoms. The average molecular weight is 347 g/mol. The Morgan fingerprint density at radius 2 is 2.00 bits per heavy atom. The van der Waals surface area contributed by atoms with E-state index in [2.05, 4.69) is 26.0 Å². The number of hydrogen-bond acceptors (Lipinski definition) is 3. The number of nitrogen functional groups attached to an aromatic ring is 1. The van der Waals surface area contributed by atoms with Crippen molar-refractivity contribution in [3.8, 4) is 22.4 Å². The zero-order valence-corrected chi connectivity index (χ0v) is 12.8. The molecule has 0 saturated carbocycles. The van der Waals surface area contributed by atoms with Crippen LogP contribution >= 0.6 is 15.9 Å². The van der Waals surface area contributed by atoms with Crippen LogP contribution in [0.5, 0.6) is 0 Å². The van der Waals surface area contributed by atoms with E-state index in [4.69, 9.17) is 5.73 Å². The summed E-state index contributed by atoms with van der Waals surface area (Å²) in [4.78, 5) is 3.88. The summed E-state index contributed by atoms with van der Waals surface area (Å²) in [6.07, 6.45) is 2.74.